The van der Waals surface area contributed by atoms with Crippen LogP contribution in [0.4, 0.5) is 14.5 Å². The van der Waals surface area contributed by atoms with Crippen LogP contribution in [0.15, 0.2) is 47.6 Å². The molecule has 0 aliphatic carbocycles. The second-order valence-corrected chi connectivity index (χ2v) is 7.80. The van der Waals surface area contributed by atoms with Crippen LogP contribution in [0.5, 0.6) is 0 Å². The van der Waals surface area contributed by atoms with E-state index in [9.17, 15) is 17.2 Å². The molecule has 2 aromatic rings. The second kappa shape index (κ2) is 7.45. The van der Waals surface area contributed by atoms with E-state index in [1.807, 2.05) is 12.1 Å². The number of benzene rings is 1. The minimum absolute atomic E-state index is 0.177. The zero-order valence-electron chi connectivity index (χ0n) is 13.5. The van der Waals surface area contributed by atoms with E-state index in [1.54, 1.807) is 12.4 Å². The average Bonchev–Trinajstić information content (AvgIpc) is 2.61. The van der Waals surface area contributed by atoms with Gasteiger partial charge in [0.05, 0.1) is 0 Å². The summed E-state index contributed by atoms with van der Waals surface area (Å²) in [5.41, 5.74) is 1.10. The number of halogens is 2. The zero-order chi connectivity index (χ0) is 17.9. The van der Waals surface area contributed by atoms with Gasteiger partial charge in [-0.2, -0.15) is 0 Å². The van der Waals surface area contributed by atoms with Crippen molar-refractivity contribution < 1.29 is 17.2 Å². The van der Waals surface area contributed by atoms with Gasteiger partial charge in [0, 0.05) is 43.8 Å². The summed E-state index contributed by atoms with van der Waals surface area (Å²) in [6.45, 7) is 1.88. The number of hydrogen-bond donors (Lipinski definition) is 1. The van der Waals surface area contributed by atoms with Gasteiger partial charge in [0.1, 0.15) is 16.5 Å². The Bertz CT molecular complexity index is 823. The van der Waals surface area contributed by atoms with Crippen LogP contribution in [0.25, 0.3) is 0 Å². The molecule has 1 N–H and O–H groups in total. The Morgan fingerprint density at radius 3 is 2.44 bits per heavy atom. The van der Waals surface area contributed by atoms with E-state index in [-0.39, 0.29) is 12.5 Å². The topological polar surface area (TPSA) is 62.3 Å². The van der Waals surface area contributed by atoms with Crippen LogP contribution in [0.3, 0.4) is 0 Å². The maximum absolute atomic E-state index is 13.7. The first kappa shape index (κ1) is 17.8. The highest BCUT2D eigenvalue weighted by atomic mass is 32.2. The van der Waals surface area contributed by atoms with Crippen LogP contribution >= 0.6 is 0 Å². The molecule has 3 rings (SSSR count). The third kappa shape index (κ3) is 4.32. The van der Waals surface area contributed by atoms with Gasteiger partial charge >= 0.3 is 0 Å². The van der Waals surface area contributed by atoms with Crippen LogP contribution in [0.1, 0.15) is 12.8 Å². The smallest absolute Gasteiger partial charge is 0.243 e. The number of aromatic nitrogens is 1. The Hall–Kier alpha value is -2.06. The fraction of sp³-hybridized carbons (Fsp3) is 0.353. The van der Waals surface area contributed by atoms with Crippen molar-refractivity contribution in [2.24, 2.45) is 5.92 Å². The van der Waals surface area contributed by atoms with E-state index < -0.39 is 26.6 Å². The third-order valence-electron chi connectivity index (χ3n) is 4.39. The lowest BCUT2D eigenvalue weighted by Gasteiger charge is -2.33. The highest BCUT2D eigenvalue weighted by Crippen LogP contribution is 2.23. The first-order valence-electron chi connectivity index (χ1n) is 8.05. The third-order valence-corrected chi connectivity index (χ3v) is 5.84. The molecule has 0 unspecified atom stereocenters. The molecular weight excluding hydrogens is 348 g/mol. The van der Waals surface area contributed by atoms with Gasteiger partial charge in [0.2, 0.25) is 10.0 Å². The first-order valence-corrected chi connectivity index (χ1v) is 9.54. The number of nitrogens with one attached hydrogen (secondary N) is 1. The molecule has 1 aromatic heterocycles. The summed E-state index contributed by atoms with van der Waals surface area (Å²) in [6.07, 6.45) is 5.15. The van der Waals surface area contributed by atoms with E-state index in [4.69, 9.17) is 0 Å². The Labute approximate surface area is 145 Å². The van der Waals surface area contributed by atoms with Gasteiger partial charge in [-0.05, 0) is 43.0 Å². The maximum atomic E-state index is 13.7. The molecule has 1 aromatic carbocycles. The average molecular weight is 367 g/mol. The summed E-state index contributed by atoms with van der Waals surface area (Å²) in [5.74, 6) is -1.71. The van der Waals surface area contributed by atoms with Crippen LogP contribution in [0.2, 0.25) is 0 Å². The molecule has 0 spiro atoms. The predicted octanol–water partition coefficient (Wildman–Crippen LogP) is 2.55. The SMILES string of the molecule is O=S(=O)(NCC1CCN(c2ccncc2)CC1)c1ccc(F)cc1F. The van der Waals surface area contributed by atoms with Crippen LogP contribution in [0, 0.1) is 17.6 Å². The van der Waals surface area contributed by atoms with E-state index >= 15 is 0 Å². The van der Waals surface area contributed by atoms with Crippen LogP contribution in [-0.2, 0) is 10.0 Å². The summed E-state index contributed by atoms with van der Waals surface area (Å²) >= 11 is 0. The predicted molar refractivity (Wildman–Crippen MR) is 90.7 cm³/mol. The molecule has 0 radical (unpaired) electrons. The Kier molecular flexibility index (Phi) is 5.29. The van der Waals surface area contributed by atoms with Crippen molar-refractivity contribution in [2.45, 2.75) is 17.7 Å². The molecule has 1 aliphatic rings. The van der Waals surface area contributed by atoms with Crippen LogP contribution < -0.4 is 9.62 Å². The molecule has 1 aliphatic heterocycles. The summed E-state index contributed by atoms with van der Waals surface area (Å²) in [6, 6.07) is 6.34. The van der Waals surface area contributed by atoms with Crippen molar-refractivity contribution in [1.29, 1.82) is 0 Å². The van der Waals surface area contributed by atoms with Crippen molar-refractivity contribution in [3.8, 4) is 0 Å². The van der Waals surface area contributed by atoms with Gasteiger partial charge in [-0.1, -0.05) is 0 Å². The summed E-state index contributed by atoms with van der Waals surface area (Å²) in [7, 11) is -3.99. The molecule has 2 heterocycles. The monoisotopic (exact) mass is 367 g/mol. The van der Waals surface area contributed by atoms with Crippen LogP contribution in [-0.4, -0.2) is 33.0 Å². The van der Waals surface area contributed by atoms with Gasteiger partial charge in [-0.25, -0.2) is 21.9 Å². The van der Waals surface area contributed by atoms with E-state index in [0.29, 0.717) is 6.07 Å². The van der Waals surface area contributed by atoms with Gasteiger partial charge in [0.15, 0.2) is 0 Å². The molecule has 0 saturated carbocycles. The number of piperidine rings is 1. The van der Waals surface area contributed by atoms with Crippen molar-refractivity contribution in [2.75, 3.05) is 24.5 Å². The fourth-order valence-electron chi connectivity index (χ4n) is 2.95. The van der Waals surface area contributed by atoms with E-state index in [1.165, 1.54) is 0 Å². The lowest BCUT2D eigenvalue weighted by Crippen LogP contribution is -2.38. The first-order chi connectivity index (χ1) is 12.0. The fourth-order valence-corrected chi connectivity index (χ4v) is 4.12. The highest BCUT2D eigenvalue weighted by Gasteiger charge is 2.24. The van der Waals surface area contributed by atoms with Crippen molar-refractivity contribution in [3.05, 3.63) is 54.4 Å². The zero-order valence-corrected chi connectivity index (χ0v) is 14.3. The summed E-state index contributed by atoms with van der Waals surface area (Å²) in [4.78, 5) is 5.70. The van der Waals surface area contributed by atoms with Crippen molar-refractivity contribution in [1.82, 2.24) is 9.71 Å². The standard InChI is InChI=1S/C17H19F2N3O2S/c18-14-1-2-17(16(19)11-14)25(23,24)21-12-13-5-9-22(10-6-13)15-3-7-20-8-4-15/h1-4,7-8,11,13,21H,5-6,9-10,12H2. The number of pyridine rings is 1. The highest BCUT2D eigenvalue weighted by molar-refractivity contribution is 7.89. The molecule has 8 heteroatoms. The Morgan fingerprint density at radius 1 is 1.12 bits per heavy atom. The maximum Gasteiger partial charge on any atom is 0.243 e. The van der Waals surface area contributed by atoms with Gasteiger partial charge in [-0.3, -0.25) is 4.98 Å². The van der Waals surface area contributed by atoms with Gasteiger partial charge in [-0.15, -0.1) is 0 Å². The molecule has 1 saturated heterocycles. The number of rotatable bonds is 5. The van der Waals surface area contributed by atoms with Gasteiger partial charge in [0.25, 0.3) is 0 Å². The minimum atomic E-state index is -3.99. The summed E-state index contributed by atoms with van der Waals surface area (Å²) in [5, 5.41) is 0. The lowest BCUT2D eigenvalue weighted by molar-refractivity contribution is 0.401. The van der Waals surface area contributed by atoms with Crippen molar-refractivity contribution in [3.63, 3.8) is 0 Å². The summed E-state index contributed by atoms with van der Waals surface area (Å²) < 4.78 is 53.4. The molecule has 5 nitrogen and oxygen atoms in total. The number of sulfonamides is 1. The van der Waals surface area contributed by atoms with E-state index in [0.717, 1.165) is 43.8 Å². The number of hydrogen-bond acceptors (Lipinski definition) is 4. The Balaban J connectivity index is 1.56. The lowest BCUT2D eigenvalue weighted by atomic mass is 9.97. The molecule has 0 bridgehead atoms. The minimum Gasteiger partial charge on any atom is -0.371 e. The molecule has 134 valence electrons. The quantitative estimate of drug-likeness (QED) is 0.882. The Morgan fingerprint density at radius 2 is 1.80 bits per heavy atom. The second-order valence-electron chi connectivity index (χ2n) is 6.06. The van der Waals surface area contributed by atoms with Gasteiger partial charge < -0.3 is 4.90 Å². The molecule has 0 atom stereocenters. The van der Waals surface area contributed by atoms with E-state index in [2.05, 4.69) is 14.6 Å². The molecule has 25 heavy (non-hydrogen) atoms. The number of anilines is 1. The molecule has 0 amide bonds. The van der Waals surface area contributed by atoms with Crippen molar-refractivity contribution >= 4 is 15.7 Å². The molecule has 1 fully saturated rings. The molecular formula is C17H19F2N3O2S. The largest absolute Gasteiger partial charge is 0.371 e. The normalized spacial score (nSPS) is 16.2. The number of nitrogens with zero attached hydrogens (tertiary/aromatic N) is 2.